The number of halogens is 1. The third kappa shape index (κ3) is 4.19. The van der Waals surface area contributed by atoms with Crippen LogP contribution in [0.15, 0.2) is 47.4 Å². The summed E-state index contributed by atoms with van der Waals surface area (Å²) in [6.45, 7) is 1.37. The number of anilines is 2. The predicted molar refractivity (Wildman–Crippen MR) is 84.5 cm³/mol. The molecule has 0 aliphatic heterocycles. The van der Waals surface area contributed by atoms with E-state index in [1.807, 2.05) is 0 Å². The molecule has 0 saturated carbocycles. The van der Waals surface area contributed by atoms with Crippen molar-refractivity contribution in [3.05, 3.63) is 48.3 Å². The number of hydrogen-bond donors (Lipinski definition) is 2. The molecule has 122 valence electrons. The molecule has 2 aromatic rings. The van der Waals surface area contributed by atoms with Gasteiger partial charge >= 0.3 is 0 Å². The van der Waals surface area contributed by atoms with Gasteiger partial charge in [-0.3, -0.25) is 9.52 Å². The molecule has 0 heterocycles. The molecule has 1 amide bonds. The van der Waals surface area contributed by atoms with Crippen molar-refractivity contribution in [3.8, 4) is 5.75 Å². The molecule has 6 nitrogen and oxygen atoms in total. The standard InChI is InChI=1S/C15H15FN2O4S/c1-10(19)17-12-4-6-13(7-5-12)18-23(20,21)15-9-11(16)3-8-14(15)22-2/h3-9,18H,1-2H3,(H,17,19). The van der Waals surface area contributed by atoms with Gasteiger partial charge in [-0.15, -0.1) is 0 Å². The van der Waals surface area contributed by atoms with Gasteiger partial charge in [-0.05, 0) is 42.5 Å². The van der Waals surface area contributed by atoms with Gasteiger partial charge in [-0.1, -0.05) is 0 Å². The third-order valence-corrected chi connectivity index (χ3v) is 4.28. The summed E-state index contributed by atoms with van der Waals surface area (Å²) in [7, 11) is -2.72. The second-order valence-corrected chi connectivity index (χ2v) is 6.31. The monoisotopic (exact) mass is 338 g/mol. The first-order chi connectivity index (χ1) is 10.8. The molecular weight excluding hydrogens is 323 g/mol. The Morgan fingerprint density at radius 1 is 1.09 bits per heavy atom. The first kappa shape index (κ1) is 16.8. The number of nitrogens with one attached hydrogen (secondary N) is 2. The van der Waals surface area contributed by atoms with Gasteiger partial charge in [0.15, 0.2) is 0 Å². The zero-order valence-electron chi connectivity index (χ0n) is 12.5. The molecule has 0 fully saturated rings. The lowest BCUT2D eigenvalue weighted by Gasteiger charge is -2.12. The van der Waals surface area contributed by atoms with E-state index in [9.17, 15) is 17.6 Å². The largest absolute Gasteiger partial charge is 0.495 e. The van der Waals surface area contributed by atoms with Crippen LogP contribution in [0.5, 0.6) is 5.75 Å². The Labute approximate surface area is 133 Å². The van der Waals surface area contributed by atoms with Crippen molar-refractivity contribution in [2.24, 2.45) is 0 Å². The summed E-state index contributed by atoms with van der Waals surface area (Å²) in [6, 6.07) is 9.28. The number of amides is 1. The number of ether oxygens (including phenoxy) is 1. The molecule has 0 aliphatic rings. The fourth-order valence-corrected chi connectivity index (χ4v) is 3.14. The maximum Gasteiger partial charge on any atom is 0.265 e. The molecule has 0 aliphatic carbocycles. The average Bonchev–Trinajstić information content (AvgIpc) is 2.48. The summed E-state index contributed by atoms with van der Waals surface area (Å²) in [4.78, 5) is 10.6. The highest BCUT2D eigenvalue weighted by atomic mass is 32.2. The van der Waals surface area contributed by atoms with E-state index in [0.29, 0.717) is 5.69 Å². The Kier molecular flexibility index (Phi) is 4.85. The number of benzene rings is 2. The van der Waals surface area contributed by atoms with Crippen molar-refractivity contribution in [1.29, 1.82) is 0 Å². The molecule has 0 aromatic heterocycles. The van der Waals surface area contributed by atoms with Gasteiger partial charge in [0.1, 0.15) is 16.5 Å². The smallest absolute Gasteiger partial charge is 0.265 e. The number of sulfonamides is 1. The van der Waals surface area contributed by atoms with Crippen molar-refractivity contribution in [3.63, 3.8) is 0 Å². The van der Waals surface area contributed by atoms with E-state index in [0.717, 1.165) is 12.1 Å². The number of carbonyl (C=O) groups is 1. The average molecular weight is 338 g/mol. The second-order valence-electron chi connectivity index (χ2n) is 4.66. The first-order valence-electron chi connectivity index (χ1n) is 6.56. The van der Waals surface area contributed by atoms with Crippen molar-refractivity contribution in [1.82, 2.24) is 0 Å². The van der Waals surface area contributed by atoms with Crippen LogP contribution in [0.3, 0.4) is 0 Å². The van der Waals surface area contributed by atoms with E-state index in [1.165, 1.54) is 32.2 Å². The molecule has 0 bridgehead atoms. The maximum atomic E-state index is 13.3. The Morgan fingerprint density at radius 2 is 1.70 bits per heavy atom. The van der Waals surface area contributed by atoms with Gasteiger partial charge in [0, 0.05) is 18.3 Å². The molecule has 2 N–H and O–H groups in total. The lowest BCUT2D eigenvalue weighted by molar-refractivity contribution is -0.114. The summed E-state index contributed by atoms with van der Waals surface area (Å²) in [6.07, 6.45) is 0. The Bertz CT molecular complexity index is 820. The SMILES string of the molecule is COc1ccc(F)cc1S(=O)(=O)Nc1ccc(NC(C)=O)cc1. The molecule has 2 aromatic carbocycles. The van der Waals surface area contributed by atoms with Crippen molar-refractivity contribution in [2.75, 3.05) is 17.1 Å². The quantitative estimate of drug-likeness (QED) is 0.877. The fraction of sp³-hybridized carbons (Fsp3) is 0.133. The van der Waals surface area contributed by atoms with Crippen LogP contribution in [-0.2, 0) is 14.8 Å². The second kappa shape index (κ2) is 6.66. The molecule has 23 heavy (non-hydrogen) atoms. The maximum absolute atomic E-state index is 13.3. The lowest BCUT2D eigenvalue weighted by Crippen LogP contribution is -2.14. The van der Waals surface area contributed by atoms with Crippen molar-refractivity contribution < 1.29 is 22.3 Å². The minimum atomic E-state index is -4.02. The summed E-state index contributed by atoms with van der Waals surface area (Å²) in [5.74, 6) is -0.885. The van der Waals surface area contributed by atoms with Crippen LogP contribution in [0, 0.1) is 5.82 Å². The van der Waals surface area contributed by atoms with E-state index >= 15 is 0 Å². The van der Waals surface area contributed by atoms with Crippen LogP contribution in [0.25, 0.3) is 0 Å². The van der Waals surface area contributed by atoms with Gasteiger partial charge in [-0.2, -0.15) is 0 Å². The summed E-state index contributed by atoms with van der Waals surface area (Å²) >= 11 is 0. The number of carbonyl (C=O) groups excluding carboxylic acids is 1. The molecule has 0 radical (unpaired) electrons. The first-order valence-corrected chi connectivity index (χ1v) is 8.04. The number of methoxy groups -OCH3 is 1. The highest BCUT2D eigenvalue weighted by Crippen LogP contribution is 2.26. The van der Waals surface area contributed by atoms with Crippen LogP contribution < -0.4 is 14.8 Å². The van der Waals surface area contributed by atoms with Gasteiger partial charge in [0.25, 0.3) is 10.0 Å². The third-order valence-electron chi connectivity index (χ3n) is 2.87. The lowest BCUT2D eigenvalue weighted by atomic mass is 10.3. The molecule has 0 unspecified atom stereocenters. The highest BCUT2D eigenvalue weighted by molar-refractivity contribution is 7.92. The molecule has 8 heteroatoms. The van der Waals surface area contributed by atoms with Gasteiger partial charge in [0.05, 0.1) is 7.11 Å². The summed E-state index contributed by atoms with van der Waals surface area (Å²) in [5.41, 5.74) is 0.800. The molecule has 2 rings (SSSR count). The Morgan fingerprint density at radius 3 is 2.26 bits per heavy atom. The van der Waals surface area contributed by atoms with E-state index in [2.05, 4.69) is 10.0 Å². The van der Waals surface area contributed by atoms with E-state index < -0.39 is 15.8 Å². The molecular formula is C15H15FN2O4S. The van der Waals surface area contributed by atoms with Gasteiger partial charge in [0.2, 0.25) is 5.91 Å². The van der Waals surface area contributed by atoms with E-state index in [4.69, 9.17) is 4.74 Å². The molecule has 0 saturated heterocycles. The normalized spacial score (nSPS) is 10.9. The van der Waals surface area contributed by atoms with Crippen LogP contribution in [0.2, 0.25) is 0 Å². The minimum Gasteiger partial charge on any atom is -0.495 e. The highest BCUT2D eigenvalue weighted by Gasteiger charge is 2.20. The molecule has 0 atom stereocenters. The fourth-order valence-electron chi connectivity index (χ4n) is 1.90. The van der Waals surface area contributed by atoms with Crippen molar-refractivity contribution >= 4 is 27.3 Å². The topological polar surface area (TPSA) is 84.5 Å². The summed E-state index contributed by atoms with van der Waals surface area (Å²) in [5, 5.41) is 2.57. The van der Waals surface area contributed by atoms with Crippen LogP contribution in [0.1, 0.15) is 6.92 Å². The van der Waals surface area contributed by atoms with E-state index in [1.54, 1.807) is 12.1 Å². The number of rotatable bonds is 5. The minimum absolute atomic E-state index is 0.0359. The zero-order valence-corrected chi connectivity index (χ0v) is 13.3. The van der Waals surface area contributed by atoms with Crippen LogP contribution in [-0.4, -0.2) is 21.4 Å². The molecule has 0 spiro atoms. The zero-order chi connectivity index (χ0) is 17.0. The summed E-state index contributed by atoms with van der Waals surface area (Å²) < 4.78 is 45.4. The van der Waals surface area contributed by atoms with Gasteiger partial charge < -0.3 is 10.1 Å². The number of hydrogen-bond acceptors (Lipinski definition) is 4. The van der Waals surface area contributed by atoms with Crippen LogP contribution in [0.4, 0.5) is 15.8 Å². The Hall–Kier alpha value is -2.61. The van der Waals surface area contributed by atoms with Crippen LogP contribution >= 0.6 is 0 Å². The van der Waals surface area contributed by atoms with E-state index in [-0.39, 0.29) is 22.2 Å². The van der Waals surface area contributed by atoms with Crippen molar-refractivity contribution in [2.45, 2.75) is 11.8 Å². The Balaban J connectivity index is 2.28. The van der Waals surface area contributed by atoms with Gasteiger partial charge in [-0.25, -0.2) is 12.8 Å². The predicted octanol–water partition coefficient (Wildman–Crippen LogP) is 2.59.